The maximum Gasteiger partial charge on any atom is 0.272 e. The molecule has 7 atom stereocenters. The molecule has 26 heteroatoms. The van der Waals surface area contributed by atoms with Gasteiger partial charge in [0.25, 0.3) is 5.69 Å². The van der Waals surface area contributed by atoms with E-state index in [0.29, 0.717) is 5.56 Å². The van der Waals surface area contributed by atoms with E-state index in [4.69, 9.17) is 34.4 Å². The highest BCUT2D eigenvalue weighted by atomic mass is 16.6. The predicted molar refractivity (Wildman–Crippen MR) is 286 cm³/mol. The lowest BCUT2D eigenvalue weighted by atomic mass is 9.83. The number of nitro benzene ring substituents is 1. The number of aromatic amines is 1. The molecule has 4 rings (SSSR count). The van der Waals surface area contributed by atoms with E-state index in [-0.39, 0.29) is 126 Å². The van der Waals surface area contributed by atoms with E-state index in [1.54, 1.807) is 6.20 Å². The molecule has 2 heterocycles. The van der Waals surface area contributed by atoms with Crippen molar-refractivity contribution in [2.24, 2.45) is 56.2 Å². The molecule has 18 N–H and O–H groups in total. The third-order valence-electron chi connectivity index (χ3n) is 13.1. The van der Waals surface area contributed by atoms with Crippen LogP contribution in [0.25, 0.3) is 10.9 Å². The second kappa shape index (κ2) is 30.9. The number of aromatic nitrogens is 1. The van der Waals surface area contributed by atoms with Crippen molar-refractivity contribution in [3.8, 4) is 0 Å². The van der Waals surface area contributed by atoms with Gasteiger partial charge in [0.2, 0.25) is 35.4 Å². The van der Waals surface area contributed by atoms with Crippen molar-refractivity contribution >= 4 is 81.3 Å². The Balaban J connectivity index is 1.81. The Morgan fingerprint density at radius 2 is 1.40 bits per heavy atom. The summed E-state index contributed by atoms with van der Waals surface area (Å²) >= 11 is 0. The zero-order valence-corrected chi connectivity index (χ0v) is 43.3. The van der Waals surface area contributed by atoms with E-state index in [0.717, 1.165) is 10.9 Å². The van der Waals surface area contributed by atoms with E-state index in [1.165, 1.54) is 31.2 Å². The second-order valence-corrected chi connectivity index (χ2v) is 19.1. The number of carbonyl (C=O) groups excluding carboxylic acids is 9. The molecule has 0 bridgehead atoms. The summed E-state index contributed by atoms with van der Waals surface area (Å²) in [5.74, 6) is -9.10. The highest BCUT2D eigenvalue weighted by molar-refractivity contribution is 5.98. The van der Waals surface area contributed by atoms with E-state index < -0.39 is 113 Å². The molecule has 0 radical (unpaired) electrons. The highest BCUT2D eigenvalue weighted by Gasteiger charge is 2.36. The maximum absolute atomic E-state index is 14.8. The Morgan fingerprint density at radius 1 is 0.740 bits per heavy atom. The first kappa shape index (κ1) is 61.3. The normalized spacial score (nSPS) is 21.1. The van der Waals surface area contributed by atoms with Crippen molar-refractivity contribution in [2.75, 3.05) is 19.6 Å². The summed E-state index contributed by atoms with van der Waals surface area (Å²) in [7, 11) is 0. The zero-order chi connectivity index (χ0) is 56.6. The molecule has 0 unspecified atom stereocenters. The van der Waals surface area contributed by atoms with Crippen molar-refractivity contribution in [3.05, 3.63) is 76.0 Å². The number of rotatable bonds is 19. The molecule has 0 saturated carbocycles. The molecule has 6 amide bonds. The van der Waals surface area contributed by atoms with E-state index in [1.807, 2.05) is 24.3 Å². The van der Waals surface area contributed by atoms with Gasteiger partial charge in [0.1, 0.15) is 35.7 Å². The number of amides is 6. The van der Waals surface area contributed by atoms with Crippen LogP contribution in [0.15, 0.2) is 64.7 Å². The lowest BCUT2D eigenvalue weighted by Gasteiger charge is -2.27. The Kier molecular flexibility index (Phi) is 24.6. The number of ketones is 3. The first-order chi connectivity index (χ1) is 36.7. The van der Waals surface area contributed by atoms with Gasteiger partial charge in [-0.05, 0) is 76.0 Å². The smallest absolute Gasteiger partial charge is 0.272 e. The number of carbonyl (C=O) groups is 9. The minimum Gasteiger partial charge on any atom is -0.370 e. The number of guanidine groups is 2. The minimum atomic E-state index is -1.57. The second-order valence-electron chi connectivity index (χ2n) is 19.1. The summed E-state index contributed by atoms with van der Waals surface area (Å²) in [6.07, 6.45) is 0.393. The molecule has 418 valence electrons. The average molecular weight is 1070 g/mol. The molecule has 0 spiro atoms. The number of aliphatic imine (C=N–C) groups is 2. The summed E-state index contributed by atoms with van der Waals surface area (Å²) in [5.41, 5.74) is 34.9. The number of H-pyrrole nitrogens is 1. The van der Waals surface area contributed by atoms with Crippen LogP contribution in [0.4, 0.5) is 5.69 Å². The quantitative estimate of drug-likeness (QED) is 0.0233. The van der Waals surface area contributed by atoms with Crippen molar-refractivity contribution in [3.63, 3.8) is 0 Å². The fraction of sp³-hybridized carbons (Fsp3) is 0.510. The highest BCUT2D eigenvalue weighted by Crippen LogP contribution is 2.27. The molecule has 1 fully saturated rings. The summed E-state index contributed by atoms with van der Waals surface area (Å²) in [6.45, 7) is 1.16. The number of para-hydroxylation sites is 2. The summed E-state index contributed by atoms with van der Waals surface area (Å²) in [6, 6.07) is 5.89. The van der Waals surface area contributed by atoms with Gasteiger partial charge in [0.15, 0.2) is 17.7 Å². The van der Waals surface area contributed by atoms with Crippen LogP contribution in [0.1, 0.15) is 102 Å². The molecule has 1 saturated heterocycles. The number of nitrogens with zero attached hydrogens (tertiary/aromatic N) is 3. The van der Waals surface area contributed by atoms with Gasteiger partial charge in [-0.3, -0.25) is 63.2 Å². The van der Waals surface area contributed by atoms with Crippen LogP contribution in [0, 0.1) is 22.0 Å². The molecule has 1 aliphatic heterocycles. The SMILES string of the molecule is CC(=O)N[C@@H](CCCN=C(N)N)C(=O)N[C@H]1CCC(=O)CCCC[C@@H](C(N)=O)NC(=O)[C@H](Cc2c[nH]c3ccccc23)CC(=O)[C@H](CCCN=C(N)N)CC(=O)[C@@H](Cc2ccccc2[N+](=O)[O-])NC(=O)[C@H](CCN)NC1=O. The van der Waals surface area contributed by atoms with E-state index >= 15 is 0 Å². The number of primary amides is 1. The number of benzene rings is 2. The standard InChI is InChI=1S/C51H73N15O11/c1-29(67)61-38(16-9-23-59-51(56)57)47(73)63-39-19-18-34(68)12-3-5-15-37(45(53)71)62-46(72)32(24-33-28-60-36-14-6-4-13-35(33)36)27-43(69)31(11-8-22-58-50(54)55)26-44(70)41(25-30-10-2-7-17-42(30)66(76)77)65-49(75)40(20-21-52)64-48(39)74/h2,4,6-7,10,13-14,17,28,31-32,37-41,60H,3,5,8-9,11-12,15-16,18-27,52H2,1H3,(H2,53,71)(H,61,67)(H,62,72)(H,63,73)(H,64,74)(H,65,75)(H4,54,55,58)(H4,56,57,59)/t31-,32-,37+,38+,39+,40+,41-/m1/s1. The lowest BCUT2D eigenvalue weighted by Crippen LogP contribution is -2.58. The number of hydrogen-bond donors (Lipinski definition) is 12. The number of Topliss-reactive ketones (excluding diaryl/α,β-unsaturated/α-hetero) is 3. The molecule has 1 aromatic heterocycles. The summed E-state index contributed by atoms with van der Waals surface area (Å²) in [5, 5.41) is 26.1. The van der Waals surface area contributed by atoms with Crippen LogP contribution >= 0.6 is 0 Å². The Bertz CT molecular complexity index is 2650. The van der Waals surface area contributed by atoms with Gasteiger partial charge in [-0.15, -0.1) is 0 Å². The Morgan fingerprint density at radius 3 is 2.08 bits per heavy atom. The molecule has 26 nitrogen and oxygen atoms in total. The first-order valence-electron chi connectivity index (χ1n) is 25.6. The van der Waals surface area contributed by atoms with E-state index in [2.05, 4.69) is 41.6 Å². The van der Waals surface area contributed by atoms with Gasteiger partial charge >= 0.3 is 0 Å². The van der Waals surface area contributed by atoms with Crippen LogP contribution in [-0.4, -0.2) is 124 Å². The van der Waals surface area contributed by atoms with Gasteiger partial charge in [-0.1, -0.05) is 42.8 Å². The molecule has 2 aromatic carbocycles. The molecular weight excluding hydrogens is 999 g/mol. The topological polar surface area (TPSA) is 454 Å². The monoisotopic (exact) mass is 1070 g/mol. The van der Waals surface area contributed by atoms with Gasteiger partial charge in [0.05, 0.1) is 11.0 Å². The van der Waals surface area contributed by atoms with Crippen molar-refractivity contribution in [2.45, 2.75) is 133 Å². The number of fused-ring (bicyclic) bond motifs is 1. The van der Waals surface area contributed by atoms with Crippen molar-refractivity contribution in [1.82, 2.24) is 31.6 Å². The van der Waals surface area contributed by atoms with Gasteiger partial charge < -0.3 is 66.0 Å². The first-order valence-corrected chi connectivity index (χ1v) is 25.6. The molecular formula is C51H73N15O11. The fourth-order valence-electron chi connectivity index (χ4n) is 9.08. The van der Waals surface area contributed by atoms with Crippen LogP contribution in [0.3, 0.4) is 0 Å². The van der Waals surface area contributed by atoms with Crippen LogP contribution < -0.4 is 61.0 Å². The number of nitro groups is 1. The third kappa shape index (κ3) is 20.4. The number of nitrogens with one attached hydrogen (secondary N) is 6. The Labute approximate surface area is 445 Å². The molecule has 3 aromatic rings. The van der Waals surface area contributed by atoms with Gasteiger partial charge in [0, 0.05) is 92.7 Å². The zero-order valence-electron chi connectivity index (χ0n) is 43.3. The average Bonchev–Trinajstić information content (AvgIpc) is 3.79. The molecule has 1 aliphatic rings. The third-order valence-corrected chi connectivity index (χ3v) is 13.1. The minimum absolute atomic E-state index is 0.00951. The maximum atomic E-state index is 14.8. The van der Waals surface area contributed by atoms with Gasteiger partial charge in [-0.25, -0.2) is 0 Å². The van der Waals surface area contributed by atoms with Crippen LogP contribution in [0.2, 0.25) is 0 Å². The number of nitrogens with two attached hydrogens (primary N) is 6. The summed E-state index contributed by atoms with van der Waals surface area (Å²) in [4.78, 5) is 148. The van der Waals surface area contributed by atoms with Crippen molar-refractivity contribution < 1.29 is 48.1 Å². The van der Waals surface area contributed by atoms with Crippen molar-refractivity contribution in [1.29, 1.82) is 0 Å². The van der Waals surface area contributed by atoms with Crippen LogP contribution in [-0.2, 0) is 56.0 Å². The summed E-state index contributed by atoms with van der Waals surface area (Å²) < 4.78 is 0. The molecule has 0 aliphatic carbocycles. The van der Waals surface area contributed by atoms with Crippen LogP contribution in [0.5, 0.6) is 0 Å². The van der Waals surface area contributed by atoms with E-state index in [9.17, 15) is 53.3 Å². The molecule has 77 heavy (non-hydrogen) atoms. The number of hydrogen-bond acceptors (Lipinski definition) is 14. The fourth-order valence-corrected chi connectivity index (χ4v) is 9.08. The Hall–Kier alpha value is -8.29. The largest absolute Gasteiger partial charge is 0.370 e. The lowest BCUT2D eigenvalue weighted by molar-refractivity contribution is -0.385. The predicted octanol–water partition coefficient (Wildman–Crippen LogP) is -0.679. The van der Waals surface area contributed by atoms with Gasteiger partial charge in [-0.2, -0.15) is 0 Å².